The Morgan fingerprint density at radius 1 is 1.15 bits per heavy atom. The minimum atomic E-state index is -0.316. The second-order valence-corrected chi connectivity index (χ2v) is 7.14. The lowest BCUT2D eigenvalue weighted by Gasteiger charge is -2.27. The van der Waals surface area contributed by atoms with Crippen molar-refractivity contribution in [3.05, 3.63) is 46.5 Å². The van der Waals surface area contributed by atoms with Gasteiger partial charge in [-0.2, -0.15) is 0 Å². The van der Waals surface area contributed by atoms with Crippen LogP contribution in [-0.2, 0) is 17.7 Å². The van der Waals surface area contributed by atoms with E-state index in [0.29, 0.717) is 55.1 Å². The van der Waals surface area contributed by atoms with Crippen molar-refractivity contribution in [1.29, 1.82) is 0 Å². The second-order valence-electron chi connectivity index (χ2n) is 6.71. The molecule has 1 saturated heterocycles. The first-order valence-electron chi connectivity index (χ1n) is 9.17. The maximum Gasteiger partial charge on any atom is 0.290 e. The van der Waals surface area contributed by atoms with Crippen molar-refractivity contribution in [2.45, 2.75) is 25.8 Å². The molecule has 0 bridgehead atoms. The van der Waals surface area contributed by atoms with E-state index in [-0.39, 0.29) is 11.8 Å². The number of anilines is 1. The SMILES string of the molecule is O=C(Nc1cccc(Cl)c1)c1nc(C(=O)N2CCOCC2)n2c1CCCC2. The molecule has 4 rings (SSSR count). The van der Waals surface area contributed by atoms with Crippen molar-refractivity contribution in [1.82, 2.24) is 14.5 Å². The van der Waals surface area contributed by atoms with Crippen molar-refractivity contribution in [3.63, 3.8) is 0 Å². The molecule has 1 aromatic heterocycles. The molecule has 1 N–H and O–H groups in total. The molecule has 2 aliphatic rings. The molecule has 7 nitrogen and oxygen atoms in total. The Morgan fingerprint density at radius 2 is 1.96 bits per heavy atom. The maximum atomic E-state index is 12.9. The number of nitrogens with one attached hydrogen (secondary N) is 1. The van der Waals surface area contributed by atoms with Gasteiger partial charge in [-0.05, 0) is 37.5 Å². The van der Waals surface area contributed by atoms with Gasteiger partial charge in [0.1, 0.15) is 0 Å². The molecule has 0 radical (unpaired) electrons. The van der Waals surface area contributed by atoms with Crippen LogP contribution in [0.15, 0.2) is 24.3 Å². The number of halogens is 1. The number of ether oxygens (including phenoxy) is 1. The fourth-order valence-corrected chi connectivity index (χ4v) is 3.74. The summed E-state index contributed by atoms with van der Waals surface area (Å²) in [5, 5.41) is 3.38. The van der Waals surface area contributed by atoms with Gasteiger partial charge in [-0.3, -0.25) is 9.59 Å². The molecule has 2 aliphatic heterocycles. The number of hydrogen-bond donors (Lipinski definition) is 1. The van der Waals surface area contributed by atoms with Gasteiger partial charge in [0, 0.05) is 30.3 Å². The zero-order valence-electron chi connectivity index (χ0n) is 14.9. The smallest absolute Gasteiger partial charge is 0.290 e. The van der Waals surface area contributed by atoms with Gasteiger partial charge < -0.3 is 19.5 Å². The molecule has 2 amide bonds. The summed E-state index contributed by atoms with van der Waals surface area (Å²) in [5.41, 5.74) is 1.76. The van der Waals surface area contributed by atoms with Crippen molar-refractivity contribution < 1.29 is 14.3 Å². The van der Waals surface area contributed by atoms with Gasteiger partial charge in [0.05, 0.1) is 18.9 Å². The molecule has 0 spiro atoms. The molecule has 1 aromatic carbocycles. The molecule has 27 heavy (non-hydrogen) atoms. The number of fused-ring (bicyclic) bond motifs is 1. The van der Waals surface area contributed by atoms with E-state index < -0.39 is 0 Å². The number of benzene rings is 1. The van der Waals surface area contributed by atoms with Gasteiger partial charge in [0.25, 0.3) is 11.8 Å². The molecule has 2 aromatic rings. The zero-order valence-corrected chi connectivity index (χ0v) is 15.7. The summed E-state index contributed by atoms with van der Waals surface area (Å²) < 4.78 is 7.23. The molecular formula is C19H21ClN4O3. The maximum absolute atomic E-state index is 12.9. The molecule has 1 fully saturated rings. The number of imidazole rings is 1. The highest BCUT2D eigenvalue weighted by Gasteiger charge is 2.30. The van der Waals surface area contributed by atoms with Gasteiger partial charge >= 0.3 is 0 Å². The molecule has 3 heterocycles. The predicted molar refractivity (Wildman–Crippen MR) is 101 cm³/mol. The number of rotatable bonds is 3. The van der Waals surface area contributed by atoms with Crippen LogP contribution < -0.4 is 5.32 Å². The van der Waals surface area contributed by atoms with Gasteiger partial charge in [-0.25, -0.2) is 4.98 Å². The molecule has 0 unspecified atom stereocenters. The average molecular weight is 389 g/mol. The molecular weight excluding hydrogens is 368 g/mol. The summed E-state index contributed by atoms with van der Waals surface area (Å²) in [6, 6.07) is 6.97. The molecule has 0 saturated carbocycles. The lowest BCUT2D eigenvalue weighted by Crippen LogP contribution is -2.42. The summed E-state index contributed by atoms with van der Waals surface area (Å²) >= 11 is 5.99. The van der Waals surface area contributed by atoms with Crippen molar-refractivity contribution in [2.75, 3.05) is 31.6 Å². The minimum absolute atomic E-state index is 0.136. The summed E-state index contributed by atoms with van der Waals surface area (Å²) in [6.45, 7) is 2.86. The Kier molecular flexibility index (Phi) is 5.13. The van der Waals surface area contributed by atoms with Crippen molar-refractivity contribution >= 4 is 29.1 Å². The lowest BCUT2D eigenvalue weighted by molar-refractivity contribution is 0.0291. The Labute approximate surface area is 162 Å². The highest BCUT2D eigenvalue weighted by atomic mass is 35.5. The van der Waals surface area contributed by atoms with Crippen molar-refractivity contribution in [3.8, 4) is 0 Å². The number of morpholine rings is 1. The number of amides is 2. The highest BCUT2D eigenvalue weighted by molar-refractivity contribution is 6.31. The van der Waals surface area contributed by atoms with E-state index in [1.165, 1.54) is 0 Å². The number of aromatic nitrogens is 2. The van der Waals surface area contributed by atoms with E-state index in [2.05, 4.69) is 10.3 Å². The van der Waals surface area contributed by atoms with Crippen LogP contribution in [0.5, 0.6) is 0 Å². The number of carbonyl (C=O) groups excluding carboxylic acids is 2. The van der Waals surface area contributed by atoms with Crippen LogP contribution in [0.4, 0.5) is 5.69 Å². The van der Waals surface area contributed by atoms with Gasteiger partial charge in [0.2, 0.25) is 0 Å². The van der Waals surface area contributed by atoms with Crippen LogP contribution in [0.3, 0.4) is 0 Å². The van der Waals surface area contributed by atoms with E-state index in [1.54, 1.807) is 29.2 Å². The normalized spacial score (nSPS) is 16.7. The second kappa shape index (κ2) is 7.70. The summed E-state index contributed by atoms with van der Waals surface area (Å²) in [5.74, 6) is -0.102. The van der Waals surface area contributed by atoms with E-state index in [9.17, 15) is 9.59 Å². The molecule has 0 atom stereocenters. The monoisotopic (exact) mass is 388 g/mol. The number of carbonyl (C=O) groups is 2. The fraction of sp³-hybridized carbons (Fsp3) is 0.421. The van der Waals surface area contributed by atoms with E-state index >= 15 is 0 Å². The quantitative estimate of drug-likeness (QED) is 0.876. The van der Waals surface area contributed by atoms with E-state index in [1.807, 2.05) is 4.57 Å². The van der Waals surface area contributed by atoms with Crippen LogP contribution >= 0.6 is 11.6 Å². The van der Waals surface area contributed by atoms with Gasteiger partial charge in [0.15, 0.2) is 11.5 Å². The summed E-state index contributed by atoms with van der Waals surface area (Å²) in [7, 11) is 0. The Balaban J connectivity index is 1.63. The Bertz CT molecular complexity index is 874. The molecule has 8 heteroatoms. The third-order valence-corrected chi connectivity index (χ3v) is 5.14. The number of nitrogens with zero attached hydrogens (tertiary/aromatic N) is 3. The van der Waals surface area contributed by atoms with Crippen LogP contribution in [0.1, 0.15) is 39.6 Å². The van der Waals surface area contributed by atoms with Crippen molar-refractivity contribution in [2.24, 2.45) is 0 Å². The van der Waals surface area contributed by atoms with Gasteiger partial charge in [-0.15, -0.1) is 0 Å². The zero-order chi connectivity index (χ0) is 18.8. The van der Waals surface area contributed by atoms with Crippen LogP contribution in [0.25, 0.3) is 0 Å². The van der Waals surface area contributed by atoms with Crippen LogP contribution in [0, 0.1) is 0 Å². The molecule has 0 aliphatic carbocycles. The summed E-state index contributed by atoms with van der Waals surface area (Å²) in [4.78, 5) is 32.0. The van der Waals surface area contributed by atoms with E-state index in [0.717, 1.165) is 25.0 Å². The largest absolute Gasteiger partial charge is 0.378 e. The number of hydrogen-bond acceptors (Lipinski definition) is 4. The topological polar surface area (TPSA) is 76.5 Å². The first-order valence-corrected chi connectivity index (χ1v) is 9.54. The average Bonchev–Trinajstić information content (AvgIpc) is 3.08. The first-order chi connectivity index (χ1) is 13.1. The third kappa shape index (κ3) is 3.70. The molecule has 142 valence electrons. The first kappa shape index (κ1) is 18.0. The summed E-state index contributed by atoms with van der Waals surface area (Å²) in [6.07, 6.45) is 2.69. The fourth-order valence-electron chi connectivity index (χ4n) is 3.55. The Morgan fingerprint density at radius 3 is 2.74 bits per heavy atom. The van der Waals surface area contributed by atoms with E-state index in [4.69, 9.17) is 16.3 Å². The highest BCUT2D eigenvalue weighted by Crippen LogP contribution is 2.24. The standard InChI is InChI=1S/C19H21ClN4O3/c20-13-4-3-5-14(12-13)21-18(25)16-15-6-1-2-7-24(15)17(22-16)19(26)23-8-10-27-11-9-23/h3-5,12H,1-2,6-11H2,(H,21,25). The van der Waals surface area contributed by atoms with Gasteiger partial charge in [-0.1, -0.05) is 17.7 Å². The third-order valence-electron chi connectivity index (χ3n) is 4.90. The van der Waals surface area contributed by atoms with Crippen LogP contribution in [0.2, 0.25) is 5.02 Å². The predicted octanol–water partition coefficient (Wildman–Crippen LogP) is 2.60. The van der Waals surface area contributed by atoms with Crippen LogP contribution in [-0.4, -0.2) is 52.6 Å². The minimum Gasteiger partial charge on any atom is -0.378 e. The Hall–Kier alpha value is -2.38. The lowest BCUT2D eigenvalue weighted by atomic mass is 10.1.